The van der Waals surface area contributed by atoms with E-state index in [1.165, 1.54) is 12.8 Å². The lowest BCUT2D eigenvalue weighted by atomic mass is 9.78. The predicted octanol–water partition coefficient (Wildman–Crippen LogP) is 4.35. The second-order valence-corrected chi connectivity index (χ2v) is 6.33. The maximum absolute atomic E-state index is 5.62. The second-order valence-electron chi connectivity index (χ2n) is 5.23. The fraction of sp³-hybridized carbons (Fsp3) is 0.625. The zero-order chi connectivity index (χ0) is 14.5. The van der Waals surface area contributed by atoms with Gasteiger partial charge in [0.1, 0.15) is 11.5 Å². The number of methoxy groups -OCH3 is 2. The molecule has 1 aliphatic rings. The Morgan fingerprint density at radius 3 is 2.60 bits per heavy atom. The Kier molecular flexibility index (Phi) is 5.73. The van der Waals surface area contributed by atoms with Gasteiger partial charge in [-0.15, -0.1) is 0 Å². The van der Waals surface area contributed by atoms with Crippen molar-refractivity contribution >= 4 is 15.9 Å². The van der Waals surface area contributed by atoms with Gasteiger partial charge in [0.2, 0.25) is 0 Å². The molecule has 1 aromatic rings. The summed E-state index contributed by atoms with van der Waals surface area (Å²) < 4.78 is 16.4. The number of alkyl halides is 1. The zero-order valence-corrected chi connectivity index (χ0v) is 14.0. The molecule has 1 aromatic carbocycles. The van der Waals surface area contributed by atoms with Crippen LogP contribution in [0, 0.1) is 5.92 Å². The van der Waals surface area contributed by atoms with Crippen LogP contribution >= 0.6 is 15.9 Å². The van der Waals surface area contributed by atoms with Crippen LogP contribution < -0.4 is 9.47 Å². The van der Waals surface area contributed by atoms with Crippen LogP contribution in [-0.4, -0.2) is 26.9 Å². The van der Waals surface area contributed by atoms with Gasteiger partial charge in [-0.1, -0.05) is 15.9 Å². The highest BCUT2D eigenvalue weighted by atomic mass is 79.9. The molecule has 20 heavy (non-hydrogen) atoms. The lowest BCUT2D eigenvalue weighted by molar-refractivity contribution is -0.0264. The SMILES string of the molecule is CCOC1CC(CC(Br)c2cc(OC)ccc2OC)C1. The van der Waals surface area contributed by atoms with Gasteiger partial charge in [0.05, 0.1) is 20.3 Å². The van der Waals surface area contributed by atoms with Crippen molar-refractivity contribution in [2.75, 3.05) is 20.8 Å². The fourth-order valence-corrected chi connectivity index (χ4v) is 3.63. The van der Waals surface area contributed by atoms with Crippen LogP contribution in [0.25, 0.3) is 0 Å². The van der Waals surface area contributed by atoms with Crippen LogP contribution in [0.4, 0.5) is 0 Å². The molecule has 112 valence electrons. The first-order chi connectivity index (χ1) is 9.67. The summed E-state index contributed by atoms with van der Waals surface area (Å²) in [7, 11) is 3.40. The number of rotatable bonds is 7. The van der Waals surface area contributed by atoms with Crippen molar-refractivity contribution < 1.29 is 14.2 Å². The maximum Gasteiger partial charge on any atom is 0.123 e. The molecule has 1 atom stereocenters. The van der Waals surface area contributed by atoms with Gasteiger partial charge in [-0.3, -0.25) is 0 Å². The van der Waals surface area contributed by atoms with Crippen LogP contribution in [0.2, 0.25) is 0 Å². The average molecular weight is 343 g/mol. The van der Waals surface area contributed by atoms with E-state index in [9.17, 15) is 0 Å². The molecule has 0 radical (unpaired) electrons. The number of halogens is 1. The largest absolute Gasteiger partial charge is 0.497 e. The third-order valence-corrected chi connectivity index (χ3v) is 4.78. The molecule has 1 fully saturated rings. The van der Waals surface area contributed by atoms with Gasteiger partial charge in [-0.2, -0.15) is 0 Å². The highest BCUT2D eigenvalue weighted by Crippen LogP contribution is 2.43. The standard InChI is InChI=1S/C16H23BrO3/c1-4-20-13-7-11(8-13)9-15(17)14-10-12(18-2)5-6-16(14)19-3/h5-6,10-11,13,15H,4,7-9H2,1-3H3. The van der Waals surface area contributed by atoms with Crippen molar-refractivity contribution in [3.63, 3.8) is 0 Å². The van der Waals surface area contributed by atoms with Gasteiger partial charge in [0.15, 0.2) is 0 Å². The molecule has 1 aliphatic carbocycles. The Morgan fingerprint density at radius 1 is 1.25 bits per heavy atom. The molecule has 0 N–H and O–H groups in total. The molecule has 0 bridgehead atoms. The monoisotopic (exact) mass is 342 g/mol. The van der Waals surface area contributed by atoms with E-state index in [1.807, 2.05) is 12.1 Å². The van der Waals surface area contributed by atoms with Gasteiger partial charge in [0, 0.05) is 17.0 Å². The smallest absolute Gasteiger partial charge is 0.123 e. The molecule has 1 saturated carbocycles. The van der Waals surface area contributed by atoms with Gasteiger partial charge >= 0.3 is 0 Å². The first-order valence-electron chi connectivity index (χ1n) is 7.15. The Morgan fingerprint density at radius 2 is 2.00 bits per heavy atom. The fourth-order valence-electron chi connectivity index (χ4n) is 2.74. The third kappa shape index (κ3) is 3.67. The van der Waals surface area contributed by atoms with E-state index >= 15 is 0 Å². The summed E-state index contributed by atoms with van der Waals surface area (Å²) in [6.07, 6.45) is 3.91. The first kappa shape index (κ1) is 15.6. The van der Waals surface area contributed by atoms with Crippen molar-refractivity contribution in [3.8, 4) is 11.5 Å². The first-order valence-corrected chi connectivity index (χ1v) is 8.07. The zero-order valence-electron chi connectivity index (χ0n) is 12.4. The summed E-state index contributed by atoms with van der Waals surface area (Å²) in [6.45, 7) is 2.88. The Bertz CT molecular complexity index is 430. The minimum absolute atomic E-state index is 0.292. The van der Waals surface area contributed by atoms with Crippen LogP contribution in [0.5, 0.6) is 11.5 Å². The van der Waals surface area contributed by atoms with Crippen LogP contribution in [0.15, 0.2) is 18.2 Å². The quantitative estimate of drug-likeness (QED) is 0.689. The van der Waals surface area contributed by atoms with E-state index in [4.69, 9.17) is 14.2 Å². The van der Waals surface area contributed by atoms with E-state index in [0.29, 0.717) is 10.9 Å². The topological polar surface area (TPSA) is 27.7 Å². The molecule has 0 spiro atoms. The minimum atomic E-state index is 0.292. The number of benzene rings is 1. The summed E-state index contributed by atoms with van der Waals surface area (Å²) in [5.41, 5.74) is 1.16. The minimum Gasteiger partial charge on any atom is -0.497 e. The molecule has 0 aromatic heterocycles. The van der Waals surface area contributed by atoms with Gasteiger partial charge in [-0.25, -0.2) is 0 Å². The van der Waals surface area contributed by atoms with E-state index in [2.05, 4.69) is 28.9 Å². The van der Waals surface area contributed by atoms with Crippen LogP contribution in [-0.2, 0) is 4.74 Å². The molecule has 0 heterocycles. The van der Waals surface area contributed by atoms with Crippen LogP contribution in [0.1, 0.15) is 36.6 Å². The Balaban J connectivity index is 1.96. The van der Waals surface area contributed by atoms with E-state index in [-0.39, 0.29) is 0 Å². The predicted molar refractivity (Wildman–Crippen MR) is 84.0 cm³/mol. The molecular weight excluding hydrogens is 320 g/mol. The molecule has 0 amide bonds. The van der Waals surface area contributed by atoms with Crippen molar-refractivity contribution in [2.24, 2.45) is 5.92 Å². The lowest BCUT2D eigenvalue weighted by Crippen LogP contribution is -2.31. The average Bonchev–Trinajstić information content (AvgIpc) is 2.44. The molecule has 0 aliphatic heterocycles. The van der Waals surface area contributed by atoms with Gasteiger partial charge < -0.3 is 14.2 Å². The normalized spacial score (nSPS) is 23.0. The number of ether oxygens (including phenoxy) is 3. The Labute approximate surface area is 129 Å². The van der Waals surface area contributed by atoms with Crippen LogP contribution in [0.3, 0.4) is 0 Å². The molecule has 0 saturated heterocycles. The summed E-state index contributed by atoms with van der Waals surface area (Å²) in [5, 5.41) is 0. The summed E-state index contributed by atoms with van der Waals surface area (Å²) in [6, 6.07) is 5.94. The lowest BCUT2D eigenvalue weighted by Gasteiger charge is -2.36. The van der Waals surface area contributed by atoms with Crippen molar-refractivity contribution in [2.45, 2.75) is 37.1 Å². The molecule has 4 heteroatoms. The van der Waals surface area contributed by atoms with Crippen molar-refractivity contribution in [1.29, 1.82) is 0 Å². The second kappa shape index (κ2) is 7.32. The van der Waals surface area contributed by atoms with Gasteiger partial charge in [-0.05, 0) is 50.3 Å². The highest BCUT2D eigenvalue weighted by Gasteiger charge is 2.31. The van der Waals surface area contributed by atoms with E-state index in [0.717, 1.165) is 36.0 Å². The third-order valence-electron chi connectivity index (χ3n) is 3.91. The molecule has 2 rings (SSSR count). The van der Waals surface area contributed by atoms with Gasteiger partial charge in [0.25, 0.3) is 0 Å². The highest BCUT2D eigenvalue weighted by molar-refractivity contribution is 9.09. The number of hydrogen-bond acceptors (Lipinski definition) is 3. The molecule has 3 nitrogen and oxygen atoms in total. The summed E-state index contributed by atoms with van der Waals surface area (Å²) >= 11 is 3.80. The van der Waals surface area contributed by atoms with E-state index in [1.54, 1.807) is 14.2 Å². The Hall–Kier alpha value is -0.740. The van der Waals surface area contributed by atoms with E-state index < -0.39 is 0 Å². The molecule has 1 unspecified atom stereocenters. The maximum atomic E-state index is 5.62. The number of hydrogen-bond donors (Lipinski definition) is 0. The summed E-state index contributed by atoms with van der Waals surface area (Å²) in [4.78, 5) is 0.292. The molecular formula is C16H23BrO3. The van der Waals surface area contributed by atoms with Crippen molar-refractivity contribution in [3.05, 3.63) is 23.8 Å². The summed E-state index contributed by atoms with van der Waals surface area (Å²) in [5.74, 6) is 2.51. The van der Waals surface area contributed by atoms with Crippen molar-refractivity contribution in [1.82, 2.24) is 0 Å².